The van der Waals surface area contributed by atoms with Crippen molar-refractivity contribution in [2.24, 2.45) is 0 Å². The highest BCUT2D eigenvalue weighted by Gasteiger charge is 2.45. The van der Waals surface area contributed by atoms with Crippen LogP contribution in [0.5, 0.6) is 0 Å². The molecule has 0 bridgehead atoms. The minimum absolute atomic E-state index is 0.0289. The summed E-state index contributed by atoms with van der Waals surface area (Å²) in [5.74, 6) is 0. The van der Waals surface area contributed by atoms with Crippen molar-refractivity contribution in [1.29, 1.82) is 0 Å². The number of nitrogens with zero attached hydrogens (tertiary/aromatic N) is 2. The Hall–Kier alpha value is -3.17. The Bertz CT molecular complexity index is 779. The van der Waals surface area contributed by atoms with E-state index < -0.39 is 38.6 Å². The minimum Gasteiger partial charge on any atom is -0.380 e. The van der Waals surface area contributed by atoms with Gasteiger partial charge >= 0.3 is 17.6 Å². The third kappa shape index (κ3) is 3.59. The number of anilines is 1. The number of nitrogens with one attached hydrogen (secondary N) is 1. The first-order valence-corrected chi connectivity index (χ1v) is 6.52. The van der Waals surface area contributed by atoms with Gasteiger partial charge in [-0.2, -0.15) is 13.2 Å². The van der Waals surface area contributed by atoms with Crippen LogP contribution in [0.2, 0.25) is 0 Å². The van der Waals surface area contributed by atoms with Gasteiger partial charge in [0.2, 0.25) is 0 Å². The molecule has 0 saturated carbocycles. The molecule has 126 valence electrons. The first-order valence-electron chi connectivity index (χ1n) is 6.52. The average Bonchev–Trinajstić information content (AvgIpc) is 2.51. The number of halogens is 3. The van der Waals surface area contributed by atoms with Crippen LogP contribution in [-0.2, 0) is 12.7 Å². The maximum absolute atomic E-state index is 13.3. The van der Waals surface area contributed by atoms with Gasteiger partial charge in [-0.05, 0) is 11.6 Å². The van der Waals surface area contributed by atoms with E-state index in [0.29, 0.717) is 11.6 Å². The zero-order chi connectivity index (χ0) is 17.9. The Balaban J connectivity index is 2.53. The van der Waals surface area contributed by atoms with Crippen molar-refractivity contribution in [3.63, 3.8) is 0 Å². The second-order valence-corrected chi connectivity index (χ2v) is 4.71. The predicted molar refractivity (Wildman–Crippen MR) is 78.5 cm³/mol. The van der Waals surface area contributed by atoms with Crippen molar-refractivity contribution in [3.8, 4) is 0 Å². The quantitative estimate of drug-likeness (QED) is 0.651. The lowest BCUT2D eigenvalue weighted by molar-refractivity contribution is -0.424. The highest BCUT2D eigenvalue weighted by Crippen LogP contribution is 2.45. The van der Waals surface area contributed by atoms with Crippen LogP contribution in [0, 0.1) is 20.2 Å². The van der Waals surface area contributed by atoms with E-state index in [1.54, 1.807) is 30.3 Å². The standard InChI is InChI=1S/C14H10F3N3O4/c15-14(16,17)12-10(18-8-9-4-2-1-3-5-9)6-7-11(19(21)22)13(12)20(23)24/h1-7,18H,8H2. The highest BCUT2D eigenvalue weighted by molar-refractivity contribution is 5.70. The smallest absolute Gasteiger partial charge is 0.380 e. The third-order valence-electron chi connectivity index (χ3n) is 3.15. The van der Waals surface area contributed by atoms with Crippen LogP contribution in [0.1, 0.15) is 11.1 Å². The molecule has 0 saturated heterocycles. The molecule has 2 aromatic carbocycles. The molecule has 0 aromatic heterocycles. The molecule has 0 aliphatic rings. The molecule has 0 atom stereocenters. The number of hydrogen-bond acceptors (Lipinski definition) is 5. The van der Waals surface area contributed by atoms with E-state index in [0.717, 1.165) is 6.07 Å². The van der Waals surface area contributed by atoms with Crippen molar-refractivity contribution in [1.82, 2.24) is 0 Å². The van der Waals surface area contributed by atoms with Gasteiger partial charge in [-0.1, -0.05) is 30.3 Å². The Kier molecular flexibility index (Phi) is 4.67. The van der Waals surface area contributed by atoms with Crippen molar-refractivity contribution in [3.05, 3.63) is 73.8 Å². The molecule has 0 unspecified atom stereocenters. The maximum Gasteiger partial charge on any atom is 0.425 e. The molecule has 0 aliphatic heterocycles. The molecule has 10 heteroatoms. The van der Waals surface area contributed by atoms with Gasteiger partial charge in [0.05, 0.1) is 15.5 Å². The molecule has 1 N–H and O–H groups in total. The summed E-state index contributed by atoms with van der Waals surface area (Å²) in [5.41, 5.74) is -4.41. The largest absolute Gasteiger partial charge is 0.425 e. The monoisotopic (exact) mass is 341 g/mol. The summed E-state index contributed by atoms with van der Waals surface area (Å²) in [6.07, 6.45) is -5.13. The van der Waals surface area contributed by atoms with E-state index in [9.17, 15) is 33.4 Å². The van der Waals surface area contributed by atoms with Gasteiger partial charge < -0.3 is 5.32 Å². The summed E-state index contributed by atoms with van der Waals surface area (Å²) < 4.78 is 39.8. The number of nitro groups is 2. The molecule has 2 aromatic rings. The summed E-state index contributed by atoms with van der Waals surface area (Å²) in [4.78, 5) is 19.2. The van der Waals surface area contributed by atoms with E-state index in [4.69, 9.17) is 0 Å². The molecular formula is C14H10F3N3O4. The van der Waals surface area contributed by atoms with Gasteiger partial charge in [0.25, 0.3) is 0 Å². The second-order valence-electron chi connectivity index (χ2n) is 4.71. The van der Waals surface area contributed by atoms with E-state index in [-0.39, 0.29) is 6.54 Å². The van der Waals surface area contributed by atoms with Crippen LogP contribution in [0.4, 0.5) is 30.2 Å². The van der Waals surface area contributed by atoms with Crippen LogP contribution >= 0.6 is 0 Å². The van der Waals surface area contributed by atoms with Crippen molar-refractivity contribution in [2.45, 2.75) is 12.7 Å². The minimum atomic E-state index is -5.13. The lowest BCUT2D eigenvalue weighted by Gasteiger charge is -2.14. The fourth-order valence-electron chi connectivity index (χ4n) is 2.14. The average molecular weight is 341 g/mol. The lowest BCUT2D eigenvalue weighted by Crippen LogP contribution is -2.15. The van der Waals surface area contributed by atoms with Crippen molar-refractivity contribution in [2.75, 3.05) is 5.32 Å². The van der Waals surface area contributed by atoms with Crippen LogP contribution in [-0.4, -0.2) is 9.85 Å². The fraction of sp³-hybridized carbons (Fsp3) is 0.143. The molecule has 24 heavy (non-hydrogen) atoms. The maximum atomic E-state index is 13.3. The van der Waals surface area contributed by atoms with E-state index >= 15 is 0 Å². The fourth-order valence-corrected chi connectivity index (χ4v) is 2.14. The number of nitro benzene ring substituents is 2. The van der Waals surface area contributed by atoms with Gasteiger partial charge in [-0.15, -0.1) is 0 Å². The zero-order valence-corrected chi connectivity index (χ0v) is 11.9. The SMILES string of the molecule is O=[N+]([O-])c1ccc(NCc2ccccc2)c(C(F)(F)F)c1[N+](=O)[O-]. The number of benzene rings is 2. The van der Waals surface area contributed by atoms with Crippen LogP contribution in [0.3, 0.4) is 0 Å². The number of rotatable bonds is 5. The molecule has 2 rings (SSSR count). The van der Waals surface area contributed by atoms with Gasteiger partial charge in [0, 0.05) is 12.6 Å². The normalized spacial score (nSPS) is 11.1. The molecule has 0 radical (unpaired) electrons. The van der Waals surface area contributed by atoms with Gasteiger partial charge in [0.1, 0.15) is 0 Å². The molecule has 0 heterocycles. The van der Waals surface area contributed by atoms with Crippen LogP contribution < -0.4 is 5.32 Å². The molecule has 7 nitrogen and oxygen atoms in total. The summed E-state index contributed by atoms with van der Waals surface area (Å²) in [6.45, 7) is -0.0289. The summed E-state index contributed by atoms with van der Waals surface area (Å²) >= 11 is 0. The highest BCUT2D eigenvalue weighted by atomic mass is 19.4. The van der Waals surface area contributed by atoms with Gasteiger partial charge in [-0.3, -0.25) is 20.2 Å². The Morgan fingerprint density at radius 3 is 2.08 bits per heavy atom. The molecular weight excluding hydrogens is 331 g/mol. The van der Waals surface area contributed by atoms with Gasteiger partial charge in [-0.25, -0.2) is 0 Å². The van der Waals surface area contributed by atoms with Crippen molar-refractivity contribution < 1.29 is 23.0 Å². The summed E-state index contributed by atoms with van der Waals surface area (Å²) in [5, 5.41) is 24.3. The Morgan fingerprint density at radius 2 is 1.58 bits per heavy atom. The molecule has 0 aliphatic carbocycles. The van der Waals surface area contributed by atoms with E-state index in [1.165, 1.54) is 0 Å². The van der Waals surface area contributed by atoms with Crippen molar-refractivity contribution >= 4 is 17.1 Å². The Morgan fingerprint density at radius 1 is 0.958 bits per heavy atom. The molecule has 0 amide bonds. The summed E-state index contributed by atoms with van der Waals surface area (Å²) in [6, 6.07) is 9.89. The Labute approximate surface area is 133 Å². The number of hydrogen-bond donors (Lipinski definition) is 1. The zero-order valence-electron chi connectivity index (χ0n) is 11.9. The first-order chi connectivity index (χ1) is 11.2. The van der Waals surface area contributed by atoms with Crippen LogP contribution in [0.15, 0.2) is 42.5 Å². The first kappa shape index (κ1) is 17.2. The predicted octanol–water partition coefficient (Wildman–Crippen LogP) is 4.13. The second kappa shape index (κ2) is 6.52. The molecule has 0 fully saturated rings. The van der Waals surface area contributed by atoms with E-state index in [2.05, 4.69) is 5.32 Å². The van der Waals surface area contributed by atoms with Gasteiger partial charge in [0.15, 0.2) is 5.56 Å². The topological polar surface area (TPSA) is 98.3 Å². The van der Waals surface area contributed by atoms with Crippen LogP contribution in [0.25, 0.3) is 0 Å². The lowest BCUT2D eigenvalue weighted by atomic mass is 10.1. The third-order valence-corrected chi connectivity index (χ3v) is 3.15. The molecule has 0 spiro atoms. The van der Waals surface area contributed by atoms with E-state index in [1.807, 2.05) is 0 Å². The summed E-state index contributed by atoms with van der Waals surface area (Å²) in [7, 11) is 0. The number of alkyl halides is 3.